The van der Waals surface area contributed by atoms with E-state index in [1.165, 1.54) is 6.42 Å². The standard InChI is InChI=1S/C9H21NO/c1-5-7(2)9(4)10-8(3)6-11/h7-11H,5-6H2,1-4H3/t7?,8-,9?/m0/s1. The predicted molar refractivity (Wildman–Crippen MR) is 48.6 cm³/mol. The van der Waals surface area contributed by atoms with E-state index in [-0.39, 0.29) is 12.6 Å². The maximum Gasteiger partial charge on any atom is 0.0582 e. The lowest BCUT2D eigenvalue weighted by Gasteiger charge is -2.23. The van der Waals surface area contributed by atoms with Crippen molar-refractivity contribution in [1.82, 2.24) is 5.32 Å². The Balaban J connectivity index is 3.58. The van der Waals surface area contributed by atoms with Crippen LogP contribution in [0.3, 0.4) is 0 Å². The summed E-state index contributed by atoms with van der Waals surface area (Å²) in [5.41, 5.74) is 0. The van der Waals surface area contributed by atoms with Crippen LogP contribution in [0.5, 0.6) is 0 Å². The zero-order chi connectivity index (χ0) is 8.85. The van der Waals surface area contributed by atoms with Gasteiger partial charge < -0.3 is 10.4 Å². The van der Waals surface area contributed by atoms with Gasteiger partial charge in [0.2, 0.25) is 0 Å². The number of aliphatic hydroxyl groups excluding tert-OH is 1. The smallest absolute Gasteiger partial charge is 0.0582 e. The Bertz CT molecular complexity index is 95.6. The summed E-state index contributed by atoms with van der Waals surface area (Å²) in [6, 6.07) is 0.723. The van der Waals surface area contributed by atoms with Gasteiger partial charge in [-0.15, -0.1) is 0 Å². The highest BCUT2D eigenvalue weighted by molar-refractivity contribution is 4.70. The Morgan fingerprint density at radius 1 is 1.27 bits per heavy atom. The molecule has 0 heterocycles. The van der Waals surface area contributed by atoms with E-state index >= 15 is 0 Å². The molecule has 0 aliphatic rings. The molecule has 3 atom stereocenters. The summed E-state index contributed by atoms with van der Waals surface area (Å²) in [7, 11) is 0. The number of aliphatic hydroxyl groups is 1. The summed E-state index contributed by atoms with van der Waals surface area (Å²) in [5.74, 6) is 0.684. The second-order valence-electron chi connectivity index (χ2n) is 3.42. The van der Waals surface area contributed by atoms with Crippen LogP contribution in [0.2, 0.25) is 0 Å². The quantitative estimate of drug-likeness (QED) is 0.635. The van der Waals surface area contributed by atoms with Crippen molar-refractivity contribution in [2.45, 2.75) is 46.2 Å². The number of rotatable bonds is 5. The molecule has 0 aliphatic carbocycles. The van der Waals surface area contributed by atoms with Crippen molar-refractivity contribution in [2.75, 3.05) is 6.61 Å². The minimum atomic E-state index is 0.221. The predicted octanol–water partition coefficient (Wildman–Crippen LogP) is 1.39. The molecular formula is C9H21NO. The summed E-state index contributed by atoms with van der Waals surface area (Å²) in [4.78, 5) is 0. The molecule has 0 radical (unpaired) electrons. The van der Waals surface area contributed by atoms with Gasteiger partial charge in [0.25, 0.3) is 0 Å². The highest BCUT2D eigenvalue weighted by Crippen LogP contribution is 2.06. The van der Waals surface area contributed by atoms with Crippen LogP contribution in [-0.2, 0) is 0 Å². The average molecular weight is 159 g/mol. The van der Waals surface area contributed by atoms with Crippen LogP contribution in [0, 0.1) is 5.92 Å². The molecule has 0 aromatic heterocycles. The van der Waals surface area contributed by atoms with Crippen molar-refractivity contribution in [1.29, 1.82) is 0 Å². The maximum absolute atomic E-state index is 8.78. The summed E-state index contributed by atoms with van der Waals surface area (Å²) >= 11 is 0. The maximum atomic E-state index is 8.78. The highest BCUT2D eigenvalue weighted by atomic mass is 16.3. The minimum absolute atomic E-state index is 0.221. The lowest BCUT2D eigenvalue weighted by molar-refractivity contribution is 0.229. The monoisotopic (exact) mass is 159 g/mol. The second-order valence-corrected chi connectivity index (χ2v) is 3.42. The fourth-order valence-corrected chi connectivity index (χ4v) is 1.02. The molecule has 0 aromatic carbocycles. The lowest BCUT2D eigenvalue weighted by atomic mass is 10.0. The molecule has 2 heteroatoms. The molecule has 2 N–H and O–H groups in total. The molecule has 0 aliphatic heterocycles. The molecule has 0 spiro atoms. The molecule has 0 rings (SSSR count). The molecule has 2 nitrogen and oxygen atoms in total. The van der Waals surface area contributed by atoms with Crippen LogP contribution in [0.25, 0.3) is 0 Å². The normalized spacial score (nSPS) is 19.4. The molecule has 0 aromatic rings. The Morgan fingerprint density at radius 2 is 1.82 bits per heavy atom. The SMILES string of the molecule is CCC(C)C(C)N[C@@H](C)CO. The zero-order valence-corrected chi connectivity index (χ0v) is 8.09. The first-order valence-corrected chi connectivity index (χ1v) is 4.48. The Hall–Kier alpha value is -0.0800. The van der Waals surface area contributed by atoms with Gasteiger partial charge in [0.1, 0.15) is 0 Å². The minimum Gasteiger partial charge on any atom is -0.395 e. The first kappa shape index (κ1) is 10.9. The highest BCUT2D eigenvalue weighted by Gasteiger charge is 2.11. The van der Waals surface area contributed by atoms with Crippen LogP contribution in [0.1, 0.15) is 34.1 Å². The third-order valence-electron chi connectivity index (χ3n) is 2.32. The molecule has 0 bridgehead atoms. The Kier molecular flexibility index (Phi) is 5.51. The molecule has 2 unspecified atom stereocenters. The largest absolute Gasteiger partial charge is 0.395 e. The van der Waals surface area contributed by atoms with Crippen molar-refractivity contribution in [3.63, 3.8) is 0 Å². The summed E-state index contributed by atoms with van der Waals surface area (Å²) in [6.45, 7) is 8.80. The van der Waals surface area contributed by atoms with Gasteiger partial charge in [-0.25, -0.2) is 0 Å². The van der Waals surface area contributed by atoms with Gasteiger partial charge in [0.05, 0.1) is 6.61 Å². The van der Waals surface area contributed by atoms with E-state index in [0.717, 1.165) is 0 Å². The molecule has 0 saturated heterocycles. The molecule has 68 valence electrons. The molecule has 0 amide bonds. The van der Waals surface area contributed by atoms with E-state index in [9.17, 15) is 0 Å². The average Bonchev–Trinajstić information content (AvgIpc) is 2.02. The van der Waals surface area contributed by atoms with Crippen LogP contribution in [-0.4, -0.2) is 23.8 Å². The zero-order valence-electron chi connectivity index (χ0n) is 8.09. The Morgan fingerprint density at radius 3 is 2.18 bits per heavy atom. The van der Waals surface area contributed by atoms with Crippen molar-refractivity contribution in [2.24, 2.45) is 5.92 Å². The van der Waals surface area contributed by atoms with E-state index in [1.807, 2.05) is 6.92 Å². The van der Waals surface area contributed by atoms with Crippen molar-refractivity contribution in [3.05, 3.63) is 0 Å². The fraction of sp³-hybridized carbons (Fsp3) is 1.00. The third-order valence-corrected chi connectivity index (χ3v) is 2.32. The van der Waals surface area contributed by atoms with E-state index < -0.39 is 0 Å². The number of hydrogen-bond donors (Lipinski definition) is 2. The number of nitrogens with one attached hydrogen (secondary N) is 1. The lowest BCUT2D eigenvalue weighted by Crippen LogP contribution is -2.40. The summed E-state index contributed by atoms with van der Waals surface area (Å²) in [5, 5.41) is 12.1. The first-order chi connectivity index (χ1) is 5.11. The summed E-state index contributed by atoms with van der Waals surface area (Å²) < 4.78 is 0. The second kappa shape index (κ2) is 5.56. The fourth-order valence-electron chi connectivity index (χ4n) is 1.02. The third kappa shape index (κ3) is 4.38. The van der Waals surface area contributed by atoms with Gasteiger partial charge in [-0.2, -0.15) is 0 Å². The molecular weight excluding hydrogens is 138 g/mol. The van der Waals surface area contributed by atoms with Crippen LogP contribution in [0.15, 0.2) is 0 Å². The number of hydrogen-bond acceptors (Lipinski definition) is 2. The van der Waals surface area contributed by atoms with Crippen LogP contribution >= 0.6 is 0 Å². The van der Waals surface area contributed by atoms with Gasteiger partial charge in [-0.1, -0.05) is 20.3 Å². The summed E-state index contributed by atoms with van der Waals surface area (Å²) in [6.07, 6.45) is 1.19. The van der Waals surface area contributed by atoms with E-state index in [0.29, 0.717) is 12.0 Å². The van der Waals surface area contributed by atoms with Gasteiger partial charge in [0, 0.05) is 12.1 Å². The van der Waals surface area contributed by atoms with E-state index in [1.54, 1.807) is 0 Å². The molecule has 11 heavy (non-hydrogen) atoms. The van der Waals surface area contributed by atoms with E-state index in [2.05, 4.69) is 26.1 Å². The van der Waals surface area contributed by atoms with Crippen LogP contribution in [0.4, 0.5) is 0 Å². The van der Waals surface area contributed by atoms with Crippen molar-refractivity contribution in [3.8, 4) is 0 Å². The van der Waals surface area contributed by atoms with Crippen molar-refractivity contribution < 1.29 is 5.11 Å². The van der Waals surface area contributed by atoms with Gasteiger partial charge in [0.15, 0.2) is 0 Å². The first-order valence-electron chi connectivity index (χ1n) is 4.48. The van der Waals surface area contributed by atoms with Gasteiger partial charge >= 0.3 is 0 Å². The van der Waals surface area contributed by atoms with Gasteiger partial charge in [-0.05, 0) is 19.8 Å². The van der Waals surface area contributed by atoms with Crippen LogP contribution < -0.4 is 5.32 Å². The molecule has 0 fully saturated rings. The van der Waals surface area contributed by atoms with E-state index in [4.69, 9.17) is 5.11 Å². The van der Waals surface area contributed by atoms with Crippen molar-refractivity contribution >= 4 is 0 Å². The topological polar surface area (TPSA) is 32.3 Å². The molecule has 0 saturated carbocycles. The van der Waals surface area contributed by atoms with Gasteiger partial charge in [-0.3, -0.25) is 0 Å². The Labute approximate surface area is 70.0 Å².